The molecule has 0 amide bonds. The van der Waals surface area contributed by atoms with Gasteiger partial charge in [0.15, 0.2) is 0 Å². The summed E-state index contributed by atoms with van der Waals surface area (Å²) in [6.07, 6.45) is 3.74. The van der Waals surface area contributed by atoms with E-state index in [4.69, 9.17) is 4.74 Å². The first kappa shape index (κ1) is 14.3. The lowest BCUT2D eigenvalue weighted by molar-refractivity contribution is -0.150. The van der Waals surface area contributed by atoms with Gasteiger partial charge in [-0.05, 0) is 36.6 Å². The van der Waals surface area contributed by atoms with Crippen LogP contribution in [0.3, 0.4) is 0 Å². The second-order valence-corrected chi connectivity index (χ2v) is 6.15. The molecule has 0 radical (unpaired) electrons. The van der Waals surface area contributed by atoms with Gasteiger partial charge in [0.2, 0.25) is 0 Å². The lowest BCUT2D eigenvalue weighted by Crippen LogP contribution is -2.45. The van der Waals surface area contributed by atoms with Crippen LogP contribution in [0, 0.1) is 0 Å². The summed E-state index contributed by atoms with van der Waals surface area (Å²) in [6.45, 7) is 3.67. The zero-order chi connectivity index (χ0) is 15.3. The maximum absolute atomic E-state index is 10.5. The molecular formula is C16H20N2O3. The molecule has 0 aliphatic carbocycles. The third kappa shape index (κ3) is 2.27. The van der Waals surface area contributed by atoms with Crippen molar-refractivity contribution in [2.45, 2.75) is 25.0 Å². The maximum atomic E-state index is 10.5. The van der Waals surface area contributed by atoms with E-state index in [0.717, 1.165) is 22.3 Å². The highest BCUT2D eigenvalue weighted by Crippen LogP contribution is 2.41. The van der Waals surface area contributed by atoms with Crippen LogP contribution < -0.4 is 0 Å². The number of rotatable bonds is 2. The predicted molar refractivity (Wildman–Crippen MR) is 78.6 cm³/mol. The smallest absolute Gasteiger partial charge is 0.136 e. The number of fused-ring (bicyclic) bond motifs is 1. The van der Waals surface area contributed by atoms with Crippen molar-refractivity contribution >= 4 is 0 Å². The van der Waals surface area contributed by atoms with Gasteiger partial charge in [0.1, 0.15) is 5.60 Å². The number of hydrogen-bond donors (Lipinski definition) is 2. The van der Waals surface area contributed by atoms with Crippen LogP contribution in [0.4, 0.5) is 0 Å². The molecular weight excluding hydrogens is 268 g/mol. The van der Waals surface area contributed by atoms with Gasteiger partial charge in [-0.2, -0.15) is 5.10 Å². The molecule has 1 atom stereocenters. The van der Waals surface area contributed by atoms with Crippen molar-refractivity contribution in [1.29, 1.82) is 0 Å². The van der Waals surface area contributed by atoms with Gasteiger partial charge in [-0.15, -0.1) is 0 Å². The van der Waals surface area contributed by atoms with Crippen molar-refractivity contribution in [3.8, 4) is 11.1 Å². The SMILES string of the molecule is Cn1cc(-c2ccc3c(c2)C(C)(C)OCC3(O)CO)cn1. The number of benzene rings is 1. The normalized spacial score (nSPS) is 23.9. The highest BCUT2D eigenvalue weighted by molar-refractivity contribution is 5.64. The lowest BCUT2D eigenvalue weighted by atomic mass is 9.80. The van der Waals surface area contributed by atoms with Crippen LogP contribution in [0.2, 0.25) is 0 Å². The van der Waals surface area contributed by atoms with Gasteiger partial charge in [-0.25, -0.2) is 0 Å². The molecule has 21 heavy (non-hydrogen) atoms. The second-order valence-electron chi connectivity index (χ2n) is 6.15. The van der Waals surface area contributed by atoms with E-state index in [0.29, 0.717) is 0 Å². The predicted octanol–water partition coefficient (Wildman–Crippen LogP) is 1.53. The van der Waals surface area contributed by atoms with Crippen LogP contribution in [0.1, 0.15) is 25.0 Å². The number of nitrogens with zero attached hydrogens (tertiary/aromatic N) is 2. The molecule has 112 valence electrons. The Bertz CT molecular complexity index is 678. The van der Waals surface area contributed by atoms with Gasteiger partial charge in [-0.3, -0.25) is 4.68 Å². The Morgan fingerprint density at radius 2 is 2.05 bits per heavy atom. The average Bonchev–Trinajstić information content (AvgIpc) is 2.90. The zero-order valence-electron chi connectivity index (χ0n) is 12.5. The molecule has 2 N–H and O–H groups in total. The van der Waals surface area contributed by atoms with Crippen molar-refractivity contribution in [1.82, 2.24) is 9.78 Å². The molecule has 1 aromatic carbocycles. The number of aliphatic hydroxyl groups excluding tert-OH is 1. The molecule has 0 saturated carbocycles. The first-order chi connectivity index (χ1) is 9.86. The summed E-state index contributed by atoms with van der Waals surface area (Å²) >= 11 is 0. The monoisotopic (exact) mass is 288 g/mol. The third-order valence-electron chi connectivity index (χ3n) is 4.14. The summed E-state index contributed by atoms with van der Waals surface area (Å²) < 4.78 is 7.51. The largest absolute Gasteiger partial charge is 0.393 e. The molecule has 3 rings (SSSR count). The topological polar surface area (TPSA) is 67.5 Å². The van der Waals surface area contributed by atoms with Crippen LogP contribution in [0.15, 0.2) is 30.6 Å². The summed E-state index contributed by atoms with van der Waals surface area (Å²) in [6, 6.07) is 5.82. The van der Waals surface area contributed by atoms with Crippen molar-refractivity contribution in [3.63, 3.8) is 0 Å². The number of aromatic nitrogens is 2. The molecule has 5 nitrogen and oxygen atoms in total. The van der Waals surface area contributed by atoms with Crippen LogP contribution >= 0.6 is 0 Å². The van der Waals surface area contributed by atoms with Crippen molar-refractivity contribution in [2.24, 2.45) is 7.05 Å². The Kier molecular flexibility index (Phi) is 3.16. The Morgan fingerprint density at radius 3 is 2.67 bits per heavy atom. The van der Waals surface area contributed by atoms with Crippen molar-refractivity contribution in [2.75, 3.05) is 13.2 Å². The standard InChI is InChI=1S/C16H20N2O3/c1-15(2)14-6-11(12-7-17-18(3)8-12)4-5-13(14)16(20,9-19)10-21-15/h4-8,19-20H,9-10H2,1-3H3. The van der Waals surface area contributed by atoms with Gasteiger partial charge in [0.05, 0.1) is 25.0 Å². The first-order valence-corrected chi connectivity index (χ1v) is 6.97. The maximum Gasteiger partial charge on any atom is 0.136 e. The van der Waals surface area contributed by atoms with E-state index in [-0.39, 0.29) is 13.2 Å². The minimum Gasteiger partial charge on any atom is -0.393 e. The number of aryl methyl sites for hydroxylation is 1. The third-order valence-corrected chi connectivity index (χ3v) is 4.14. The molecule has 1 aromatic heterocycles. The van der Waals surface area contributed by atoms with Gasteiger partial charge < -0.3 is 14.9 Å². The fraction of sp³-hybridized carbons (Fsp3) is 0.438. The molecule has 1 aliphatic heterocycles. The number of ether oxygens (including phenoxy) is 1. The Morgan fingerprint density at radius 1 is 1.29 bits per heavy atom. The molecule has 0 bridgehead atoms. The average molecular weight is 288 g/mol. The Labute approximate surface area is 123 Å². The summed E-state index contributed by atoms with van der Waals surface area (Å²) in [5.74, 6) is 0. The Balaban J connectivity index is 2.15. The van der Waals surface area contributed by atoms with E-state index in [1.807, 2.05) is 45.3 Å². The molecule has 1 aliphatic rings. The van der Waals surface area contributed by atoms with Gasteiger partial charge in [0, 0.05) is 18.8 Å². The van der Waals surface area contributed by atoms with Gasteiger partial charge in [-0.1, -0.05) is 12.1 Å². The first-order valence-electron chi connectivity index (χ1n) is 6.97. The summed E-state index contributed by atoms with van der Waals surface area (Å²) in [5.41, 5.74) is 1.81. The van der Waals surface area contributed by atoms with E-state index < -0.39 is 11.2 Å². The van der Waals surface area contributed by atoms with Crippen molar-refractivity contribution in [3.05, 3.63) is 41.7 Å². The van der Waals surface area contributed by atoms with E-state index in [9.17, 15) is 10.2 Å². The summed E-state index contributed by atoms with van der Waals surface area (Å²) in [4.78, 5) is 0. The molecule has 5 heteroatoms. The molecule has 1 unspecified atom stereocenters. The molecule has 2 aromatic rings. The molecule has 0 saturated heterocycles. The quantitative estimate of drug-likeness (QED) is 0.879. The Hall–Kier alpha value is -1.69. The van der Waals surface area contributed by atoms with Crippen LogP contribution in [-0.4, -0.2) is 33.2 Å². The molecule has 2 heterocycles. The minimum atomic E-state index is -1.33. The zero-order valence-corrected chi connectivity index (χ0v) is 12.5. The molecule has 0 fully saturated rings. The van der Waals surface area contributed by atoms with Crippen LogP contribution in [0.5, 0.6) is 0 Å². The molecule has 0 spiro atoms. The lowest BCUT2D eigenvalue weighted by Gasteiger charge is -2.41. The fourth-order valence-electron chi connectivity index (χ4n) is 2.78. The number of hydrogen-bond acceptors (Lipinski definition) is 4. The van der Waals surface area contributed by atoms with E-state index in [1.165, 1.54) is 0 Å². The van der Waals surface area contributed by atoms with E-state index in [1.54, 1.807) is 10.9 Å². The van der Waals surface area contributed by atoms with Crippen LogP contribution in [0.25, 0.3) is 11.1 Å². The second kappa shape index (κ2) is 4.66. The highest BCUT2D eigenvalue weighted by atomic mass is 16.5. The van der Waals surface area contributed by atoms with Crippen LogP contribution in [-0.2, 0) is 23.0 Å². The van der Waals surface area contributed by atoms with Gasteiger partial charge >= 0.3 is 0 Å². The summed E-state index contributed by atoms with van der Waals surface area (Å²) in [5, 5.41) is 24.2. The van der Waals surface area contributed by atoms with E-state index in [2.05, 4.69) is 5.10 Å². The minimum absolute atomic E-state index is 0.0930. The fourth-order valence-corrected chi connectivity index (χ4v) is 2.78. The highest BCUT2D eigenvalue weighted by Gasteiger charge is 2.42. The van der Waals surface area contributed by atoms with Crippen molar-refractivity contribution < 1.29 is 14.9 Å². The summed E-state index contributed by atoms with van der Waals surface area (Å²) in [7, 11) is 1.87. The van der Waals surface area contributed by atoms with Gasteiger partial charge in [0.25, 0.3) is 0 Å². The van der Waals surface area contributed by atoms with E-state index >= 15 is 0 Å². The number of aliphatic hydroxyl groups is 2.